The molecule has 6 atom stereocenters. The summed E-state index contributed by atoms with van der Waals surface area (Å²) in [6, 6.07) is 4.53. The first kappa shape index (κ1) is 25.0. The molecule has 11 heteroatoms. The number of fused-ring (bicyclic) bond motifs is 1. The second kappa shape index (κ2) is 9.51. The van der Waals surface area contributed by atoms with E-state index in [2.05, 4.69) is 0 Å². The first-order valence-electron chi connectivity index (χ1n) is 11.0. The fourth-order valence-electron chi connectivity index (χ4n) is 4.38. The van der Waals surface area contributed by atoms with Crippen molar-refractivity contribution in [3.63, 3.8) is 0 Å². The van der Waals surface area contributed by atoms with E-state index in [1.54, 1.807) is 19.1 Å². The number of ether oxygens (including phenoxy) is 4. The maximum atomic E-state index is 13.0. The standard InChI is InChI=1S/C24H28O11/c1-9-18(28)17-14(27)7-15(12-6-11(32-3)4-5-13(12)26)33-23(17)10(2)22(9)35-24-21(31)20(30)19(29)16(8-25)34-24/h4-6,15-16,19-21,24-26,28-31H,7-8H2,1-3H3/t15-,16-,19+,20-,21+,24+/m0/s1. The van der Waals surface area contributed by atoms with Gasteiger partial charge >= 0.3 is 0 Å². The second-order valence-electron chi connectivity index (χ2n) is 8.61. The summed E-state index contributed by atoms with van der Waals surface area (Å²) < 4.78 is 22.5. The van der Waals surface area contributed by atoms with Crippen molar-refractivity contribution in [1.29, 1.82) is 0 Å². The monoisotopic (exact) mass is 492 g/mol. The molecule has 0 spiro atoms. The Bertz CT molecular complexity index is 1130. The number of aliphatic hydroxyl groups excluding tert-OH is 4. The van der Waals surface area contributed by atoms with Crippen molar-refractivity contribution in [2.24, 2.45) is 0 Å². The Labute approximate surface area is 200 Å². The molecule has 1 saturated heterocycles. The molecule has 0 aliphatic carbocycles. The average molecular weight is 492 g/mol. The van der Waals surface area contributed by atoms with Gasteiger partial charge in [-0.1, -0.05) is 0 Å². The summed E-state index contributed by atoms with van der Waals surface area (Å²) in [4.78, 5) is 13.0. The van der Waals surface area contributed by atoms with Gasteiger partial charge in [-0.15, -0.1) is 0 Å². The minimum Gasteiger partial charge on any atom is -0.508 e. The molecular weight excluding hydrogens is 464 g/mol. The lowest BCUT2D eigenvalue weighted by Crippen LogP contribution is -2.60. The Kier molecular flexibility index (Phi) is 6.80. The predicted molar refractivity (Wildman–Crippen MR) is 119 cm³/mol. The van der Waals surface area contributed by atoms with E-state index in [1.807, 2.05) is 0 Å². The summed E-state index contributed by atoms with van der Waals surface area (Å²) in [5.41, 5.74) is 0.740. The molecule has 4 rings (SSSR count). The first-order valence-corrected chi connectivity index (χ1v) is 11.0. The Morgan fingerprint density at radius 3 is 2.43 bits per heavy atom. The van der Waals surface area contributed by atoms with Crippen LogP contribution in [0.2, 0.25) is 0 Å². The number of aliphatic hydroxyl groups is 4. The van der Waals surface area contributed by atoms with Crippen molar-refractivity contribution < 1.29 is 54.4 Å². The molecule has 11 nitrogen and oxygen atoms in total. The topological polar surface area (TPSA) is 175 Å². The van der Waals surface area contributed by atoms with Gasteiger partial charge in [-0.3, -0.25) is 4.79 Å². The third-order valence-corrected chi connectivity index (χ3v) is 6.41. The van der Waals surface area contributed by atoms with Gasteiger partial charge < -0.3 is 49.6 Å². The quantitative estimate of drug-likeness (QED) is 0.345. The highest BCUT2D eigenvalue weighted by molar-refractivity contribution is 6.04. The number of rotatable bonds is 5. The van der Waals surface area contributed by atoms with Crippen LogP contribution >= 0.6 is 0 Å². The van der Waals surface area contributed by atoms with Gasteiger partial charge in [-0.05, 0) is 32.0 Å². The van der Waals surface area contributed by atoms with Crippen molar-refractivity contribution in [3.05, 3.63) is 40.5 Å². The Morgan fingerprint density at radius 2 is 1.77 bits per heavy atom. The number of benzene rings is 2. The van der Waals surface area contributed by atoms with E-state index in [1.165, 1.54) is 20.1 Å². The van der Waals surface area contributed by atoms with Gasteiger partial charge in [0.1, 0.15) is 64.8 Å². The number of phenolic OH excluding ortho intramolecular Hbond substituents is 2. The molecule has 0 saturated carbocycles. The first-order chi connectivity index (χ1) is 16.6. The molecule has 2 aliphatic rings. The molecule has 0 aromatic heterocycles. The minimum atomic E-state index is -1.67. The van der Waals surface area contributed by atoms with Crippen LogP contribution < -0.4 is 14.2 Å². The summed E-state index contributed by atoms with van der Waals surface area (Å²) in [6.07, 6.45) is -8.61. The average Bonchev–Trinajstić information content (AvgIpc) is 2.85. The van der Waals surface area contributed by atoms with Crippen LogP contribution in [-0.4, -0.2) is 80.8 Å². The molecule has 2 heterocycles. The summed E-state index contributed by atoms with van der Waals surface area (Å²) in [5.74, 6) is -0.399. The maximum absolute atomic E-state index is 13.0. The van der Waals surface area contributed by atoms with E-state index in [9.17, 15) is 35.4 Å². The number of carbonyl (C=O) groups excluding carboxylic acids is 1. The third kappa shape index (κ3) is 4.26. The summed E-state index contributed by atoms with van der Waals surface area (Å²) in [5, 5.41) is 61.0. The van der Waals surface area contributed by atoms with E-state index in [0.717, 1.165) is 0 Å². The van der Waals surface area contributed by atoms with Crippen LogP contribution in [0.25, 0.3) is 0 Å². The van der Waals surface area contributed by atoms with Crippen molar-refractivity contribution in [3.8, 4) is 28.7 Å². The number of Topliss-reactive ketones (excluding diaryl/α,β-unsaturated/α-hetero) is 1. The molecule has 0 unspecified atom stereocenters. The van der Waals surface area contributed by atoms with Gasteiger partial charge in [0, 0.05) is 16.7 Å². The van der Waals surface area contributed by atoms with Crippen LogP contribution in [0.15, 0.2) is 18.2 Å². The van der Waals surface area contributed by atoms with Gasteiger partial charge in [0.05, 0.1) is 20.1 Å². The van der Waals surface area contributed by atoms with E-state index < -0.39 is 49.2 Å². The smallest absolute Gasteiger partial charge is 0.229 e. The number of carbonyl (C=O) groups is 1. The van der Waals surface area contributed by atoms with Gasteiger partial charge in [0.15, 0.2) is 5.78 Å². The maximum Gasteiger partial charge on any atom is 0.229 e. The zero-order valence-corrected chi connectivity index (χ0v) is 19.3. The summed E-state index contributed by atoms with van der Waals surface area (Å²) in [6.45, 7) is 2.43. The molecule has 2 aromatic carbocycles. The Balaban J connectivity index is 1.73. The highest BCUT2D eigenvalue weighted by Gasteiger charge is 2.45. The van der Waals surface area contributed by atoms with Gasteiger partial charge in [0.25, 0.3) is 0 Å². The second-order valence-corrected chi connectivity index (χ2v) is 8.61. The fourth-order valence-corrected chi connectivity index (χ4v) is 4.38. The number of methoxy groups -OCH3 is 1. The molecule has 190 valence electrons. The minimum absolute atomic E-state index is 0.0221. The van der Waals surface area contributed by atoms with Crippen LogP contribution in [0.1, 0.15) is 39.6 Å². The van der Waals surface area contributed by atoms with Gasteiger partial charge in [0.2, 0.25) is 6.29 Å². The predicted octanol–water partition coefficient (Wildman–Crippen LogP) is 0.608. The highest BCUT2D eigenvalue weighted by atomic mass is 16.7. The van der Waals surface area contributed by atoms with E-state index >= 15 is 0 Å². The lowest BCUT2D eigenvalue weighted by molar-refractivity contribution is -0.277. The molecule has 0 radical (unpaired) electrons. The molecule has 35 heavy (non-hydrogen) atoms. The van der Waals surface area contributed by atoms with Crippen LogP contribution in [-0.2, 0) is 4.74 Å². The number of phenols is 2. The summed E-state index contributed by atoms with van der Waals surface area (Å²) in [7, 11) is 1.46. The molecule has 2 aliphatic heterocycles. The molecular formula is C24H28O11. The van der Waals surface area contributed by atoms with Gasteiger partial charge in [-0.25, -0.2) is 0 Å². The molecule has 0 amide bonds. The van der Waals surface area contributed by atoms with E-state index in [-0.39, 0.29) is 40.5 Å². The number of hydrogen-bond acceptors (Lipinski definition) is 11. The summed E-state index contributed by atoms with van der Waals surface area (Å²) >= 11 is 0. The van der Waals surface area contributed by atoms with Crippen molar-refractivity contribution in [2.45, 2.75) is 57.1 Å². The largest absolute Gasteiger partial charge is 0.508 e. The Hall–Kier alpha value is -3.09. The van der Waals surface area contributed by atoms with Crippen LogP contribution in [0.4, 0.5) is 0 Å². The van der Waals surface area contributed by atoms with Crippen LogP contribution in [0.3, 0.4) is 0 Å². The molecule has 1 fully saturated rings. The van der Waals surface area contributed by atoms with Crippen molar-refractivity contribution >= 4 is 5.78 Å². The van der Waals surface area contributed by atoms with Crippen molar-refractivity contribution in [2.75, 3.05) is 13.7 Å². The third-order valence-electron chi connectivity index (χ3n) is 6.41. The van der Waals surface area contributed by atoms with Gasteiger partial charge in [-0.2, -0.15) is 0 Å². The number of hydrogen-bond donors (Lipinski definition) is 6. The fraction of sp³-hybridized carbons (Fsp3) is 0.458. The highest BCUT2D eigenvalue weighted by Crippen LogP contribution is 2.49. The molecule has 2 aromatic rings. The lowest BCUT2D eigenvalue weighted by Gasteiger charge is -2.40. The van der Waals surface area contributed by atoms with E-state index in [0.29, 0.717) is 16.9 Å². The lowest BCUT2D eigenvalue weighted by atomic mass is 9.91. The zero-order chi connectivity index (χ0) is 25.6. The van der Waals surface area contributed by atoms with Crippen LogP contribution in [0.5, 0.6) is 28.7 Å². The molecule has 6 N–H and O–H groups in total. The Morgan fingerprint density at radius 1 is 1.06 bits per heavy atom. The number of ketones is 1. The van der Waals surface area contributed by atoms with Crippen LogP contribution in [0, 0.1) is 13.8 Å². The van der Waals surface area contributed by atoms with E-state index in [4.69, 9.17) is 18.9 Å². The molecule has 0 bridgehead atoms. The normalized spacial score (nSPS) is 28.3. The SMILES string of the molecule is COc1ccc(O)c([C@@H]2CC(=O)c3c(O)c(C)c(O[C@H]4O[C@@H](CO)[C@@H](O)[C@H](O)[C@H]4O)c(C)c3O2)c1. The number of aromatic hydroxyl groups is 2. The van der Waals surface area contributed by atoms with Crippen molar-refractivity contribution in [1.82, 2.24) is 0 Å². The zero-order valence-electron chi connectivity index (χ0n) is 19.3.